The molecule has 1 N–H and O–H groups in total. The molecule has 0 aliphatic heterocycles. The number of carbonyl (C=O) groups is 1. The number of hydrogen-bond acceptors (Lipinski definition) is 1. The molecular weight excluding hydrogens is 224 g/mol. The highest BCUT2D eigenvalue weighted by Gasteiger charge is 2.28. The highest BCUT2D eigenvalue weighted by atomic mass is 35.5. The number of aliphatic carboxylic acids is 1. The zero-order chi connectivity index (χ0) is 11.7. The van der Waals surface area contributed by atoms with Gasteiger partial charge in [-0.2, -0.15) is 0 Å². The molecule has 2 rings (SSSR count). The van der Waals surface area contributed by atoms with Gasteiger partial charge in [-0.05, 0) is 42.4 Å². The van der Waals surface area contributed by atoms with Crippen molar-refractivity contribution >= 4 is 17.6 Å². The topological polar surface area (TPSA) is 37.3 Å². The van der Waals surface area contributed by atoms with Crippen LogP contribution in [0.4, 0.5) is 0 Å². The summed E-state index contributed by atoms with van der Waals surface area (Å²) in [6.07, 6.45) is 2.66. The smallest absolute Gasteiger partial charge is 0.306 e. The second kappa shape index (κ2) is 4.46. The highest BCUT2D eigenvalue weighted by Crippen LogP contribution is 2.33. The van der Waals surface area contributed by atoms with Gasteiger partial charge in [0.1, 0.15) is 0 Å². The second-order valence-corrected chi connectivity index (χ2v) is 4.91. The summed E-state index contributed by atoms with van der Waals surface area (Å²) in [4.78, 5) is 11.0. The van der Waals surface area contributed by atoms with Crippen molar-refractivity contribution in [2.45, 2.75) is 26.2 Å². The molecule has 0 heterocycles. The van der Waals surface area contributed by atoms with E-state index < -0.39 is 5.97 Å². The van der Waals surface area contributed by atoms with Crippen molar-refractivity contribution in [3.05, 3.63) is 34.3 Å². The van der Waals surface area contributed by atoms with Gasteiger partial charge in [-0.15, -0.1) is 0 Å². The van der Waals surface area contributed by atoms with Crippen molar-refractivity contribution in [1.29, 1.82) is 0 Å². The van der Waals surface area contributed by atoms with Crippen LogP contribution in [0.25, 0.3) is 0 Å². The molecule has 3 heteroatoms. The average molecular weight is 239 g/mol. The van der Waals surface area contributed by atoms with Gasteiger partial charge in [-0.1, -0.05) is 30.7 Å². The molecule has 1 aromatic carbocycles. The van der Waals surface area contributed by atoms with E-state index in [4.69, 9.17) is 16.7 Å². The third-order valence-corrected chi connectivity index (χ3v) is 3.91. The van der Waals surface area contributed by atoms with Crippen LogP contribution in [0.5, 0.6) is 0 Å². The third kappa shape index (κ3) is 2.07. The molecule has 1 aliphatic carbocycles. The molecule has 1 aliphatic rings. The Balaban J connectivity index is 2.21. The number of halogens is 1. The first-order valence-electron chi connectivity index (χ1n) is 5.58. The van der Waals surface area contributed by atoms with Gasteiger partial charge in [0, 0.05) is 5.02 Å². The van der Waals surface area contributed by atoms with E-state index in [-0.39, 0.29) is 11.8 Å². The van der Waals surface area contributed by atoms with Gasteiger partial charge in [0.05, 0.1) is 5.92 Å². The molecule has 0 bridgehead atoms. The quantitative estimate of drug-likeness (QED) is 0.859. The first-order chi connectivity index (χ1) is 7.59. The van der Waals surface area contributed by atoms with E-state index in [0.717, 1.165) is 24.3 Å². The van der Waals surface area contributed by atoms with E-state index in [1.165, 1.54) is 11.1 Å². The summed E-state index contributed by atoms with van der Waals surface area (Å²) in [6.45, 7) is 1.79. The summed E-state index contributed by atoms with van der Waals surface area (Å²) in [5.74, 6) is -0.730. The third-order valence-electron chi connectivity index (χ3n) is 3.56. The minimum atomic E-state index is -0.699. The number of benzene rings is 1. The van der Waals surface area contributed by atoms with E-state index in [0.29, 0.717) is 0 Å². The Labute approximate surface area is 100 Å². The Morgan fingerprint density at radius 2 is 2.31 bits per heavy atom. The van der Waals surface area contributed by atoms with Crippen molar-refractivity contribution in [1.82, 2.24) is 0 Å². The summed E-state index contributed by atoms with van der Waals surface area (Å²) in [5.41, 5.74) is 2.43. The fraction of sp³-hybridized carbons (Fsp3) is 0.462. The van der Waals surface area contributed by atoms with Crippen LogP contribution in [0.2, 0.25) is 5.02 Å². The summed E-state index contributed by atoms with van der Waals surface area (Å²) in [7, 11) is 0. The van der Waals surface area contributed by atoms with Crippen LogP contribution < -0.4 is 0 Å². The Bertz CT molecular complexity index is 414. The molecule has 0 saturated carbocycles. The summed E-state index contributed by atoms with van der Waals surface area (Å²) in [6, 6.07) is 5.90. The fourth-order valence-corrected chi connectivity index (χ4v) is 2.71. The zero-order valence-electron chi connectivity index (χ0n) is 9.24. The highest BCUT2D eigenvalue weighted by molar-refractivity contribution is 6.31. The first-order valence-corrected chi connectivity index (χ1v) is 5.96. The van der Waals surface area contributed by atoms with Crippen LogP contribution in [-0.4, -0.2) is 11.1 Å². The van der Waals surface area contributed by atoms with E-state index in [2.05, 4.69) is 6.07 Å². The van der Waals surface area contributed by atoms with E-state index in [9.17, 15) is 4.79 Å². The number of hydrogen-bond donors (Lipinski definition) is 1. The minimum Gasteiger partial charge on any atom is -0.481 e. The van der Waals surface area contributed by atoms with Crippen molar-refractivity contribution in [2.24, 2.45) is 11.8 Å². The first kappa shape index (κ1) is 11.5. The number of carboxylic acid groups (broad SMARTS) is 1. The summed E-state index contributed by atoms with van der Waals surface area (Å²) >= 11 is 6.12. The van der Waals surface area contributed by atoms with E-state index in [1.807, 2.05) is 12.1 Å². The lowest BCUT2D eigenvalue weighted by Gasteiger charge is -2.27. The van der Waals surface area contributed by atoms with Crippen LogP contribution in [0.3, 0.4) is 0 Å². The molecule has 0 fully saturated rings. The van der Waals surface area contributed by atoms with Gasteiger partial charge in [-0.25, -0.2) is 0 Å². The lowest BCUT2D eigenvalue weighted by molar-refractivity contribution is -0.143. The summed E-state index contributed by atoms with van der Waals surface area (Å²) in [5, 5.41) is 9.83. The van der Waals surface area contributed by atoms with E-state index >= 15 is 0 Å². The maximum Gasteiger partial charge on any atom is 0.306 e. The molecule has 2 nitrogen and oxygen atoms in total. The number of rotatable bonds is 2. The van der Waals surface area contributed by atoms with Gasteiger partial charge < -0.3 is 5.11 Å². The van der Waals surface area contributed by atoms with Crippen molar-refractivity contribution in [3.63, 3.8) is 0 Å². The maximum atomic E-state index is 11.0. The molecule has 0 amide bonds. The van der Waals surface area contributed by atoms with Crippen molar-refractivity contribution in [3.8, 4) is 0 Å². The van der Waals surface area contributed by atoms with Crippen molar-refractivity contribution in [2.75, 3.05) is 0 Å². The van der Waals surface area contributed by atoms with Crippen LogP contribution in [0.15, 0.2) is 18.2 Å². The van der Waals surface area contributed by atoms with Crippen LogP contribution >= 0.6 is 11.6 Å². The molecular formula is C13H15ClO2. The fourth-order valence-electron chi connectivity index (χ4n) is 2.42. The molecule has 0 saturated heterocycles. The molecule has 2 atom stereocenters. The molecule has 2 unspecified atom stereocenters. The van der Waals surface area contributed by atoms with Gasteiger partial charge >= 0.3 is 5.97 Å². The van der Waals surface area contributed by atoms with Gasteiger partial charge in [0.25, 0.3) is 0 Å². The lowest BCUT2D eigenvalue weighted by Crippen LogP contribution is -2.26. The zero-order valence-corrected chi connectivity index (χ0v) is 10.00. The predicted octanol–water partition coefficient (Wildman–Crippen LogP) is 3.17. The molecule has 0 spiro atoms. The SMILES string of the molecule is CC(C(=O)O)C1CCc2c(Cl)cccc2C1. The molecule has 16 heavy (non-hydrogen) atoms. The monoisotopic (exact) mass is 238 g/mol. The largest absolute Gasteiger partial charge is 0.481 e. The second-order valence-electron chi connectivity index (χ2n) is 4.51. The van der Waals surface area contributed by atoms with Crippen LogP contribution in [0.1, 0.15) is 24.5 Å². The predicted molar refractivity (Wildman–Crippen MR) is 63.8 cm³/mol. The molecule has 0 radical (unpaired) electrons. The minimum absolute atomic E-state index is 0.239. The standard InChI is InChI=1S/C13H15ClO2/c1-8(13(15)16)9-5-6-11-10(7-9)3-2-4-12(11)14/h2-4,8-9H,5-7H2,1H3,(H,15,16). The van der Waals surface area contributed by atoms with Crippen molar-refractivity contribution < 1.29 is 9.90 Å². The lowest BCUT2D eigenvalue weighted by atomic mass is 9.78. The maximum absolute atomic E-state index is 11.0. The molecule has 1 aromatic rings. The summed E-state index contributed by atoms with van der Waals surface area (Å²) < 4.78 is 0. The van der Waals surface area contributed by atoms with Gasteiger partial charge in [-0.3, -0.25) is 4.79 Å². The Hall–Kier alpha value is -1.02. The molecule has 86 valence electrons. The molecule has 0 aromatic heterocycles. The van der Waals surface area contributed by atoms with Crippen LogP contribution in [0, 0.1) is 11.8 Å². The van der Waals surface area contributed by atoms with Gasteiger partial charge in [0.15, 0.2) is 0 Å². The van der Waals surface area contributed by atoms with Crippen LogP contribution in [-0.2, 0) is 17.6 Å². The number of carboxylic acids is 1. The van der Waals surface area contributed by atoms with Gasteiger partial charge in [0.2, 0.25) is 0 Å². The average Bonchev–Trinajstić information content (AvgIpc) is 2.28. The Kier molecular flexibility index (Phi) is 3.20. The normalized spacial score (nSPS) is 21.2. The Morgan fingerprint density at radius 3 is 3.00 bits per heavy atom. The number of fused-ring (bicyclic) bond motifs is 1. The Morgan fingerprint density at radius 1 is 1.56 bits per heavy atom. The van der Waals surface area contributed by atoms with E-state index in [1.54, 1.807) is 6.92 Å².